The molecular formula is C41H26N4. The third-order valence-electron chi connectivity index (χ3n) is 9.62. The van der Waals surface area contributed by atoms with Crippen LogP contribution >= 0.6 is 0 Å². The number of para-hydroxylation sites is 2. The van der Waals surface area contributed by atoms with Gasteiger partial charge in [-0.2, -0.15) is 9.97 Å². The van der Waals surface area contributed by atoms with Gasteiger partial charge in [-0.05, 0) is 56.6 Å². The van der Waals surface area contributed by atoms with E-state index in [-0.39, 0.29) is 11.8 Å². The summed E-state index contributed by atoms with van der Waals surface area (Å²) >= 11 is 0. The van der Waals surface area contributed by atoms with Crippen molar-refractivity contribution in [2.75, 3.05) is 0 Å². The van der Waals surface area contributed by atoms with Gasteiger partial charge >= 0.3 is 0 Å². The maximum absolute atomic E-state index is 5.43. The quantitative estimate of drug-likeness (QED) is 0.211. The van der Waals surface area contributed by atoms with Crippen molar-refractivity contribution < 1.29 is 0 Å². The fourth-order valence-corrected chi connectivity index (χ4v) is 7.76. The van der Waals surface area contributed by atoms with Crippen LogP contribution in [0.1, 0.15) is 45.7 Å². The molecule has 2 aliphatic rings. The largest absolute Gasteiger partial charge is 0.278 e. The molecule has 0 spiro atoms. The van der Waals surface area contributed by atoms with E-state index >= 15 is 0 Å². The summed E-state index contributed by atoms with van der Waals surface area (Å²) in [6, 6.07) is 51.8. The molecule has 8 aromatic rings. The number of benzene rings is 6. The summed E-state index contributed by atoms with van der Waals surface area (Å²) in [5.41, 5.74) is 12.1. The second kappa shape index (κ2) is 9.31. The van der Waals surface area contributed by atoms with Crippen LogP contribution < -0.4 is 0 Å². The second-order valence-corrected chi connectivity index (χ2v) is 11.9. The first kappa shape index (κ1) is 24.6. The van der Waals surface area contributed by atoms with Crippen LogP contribution in [0.5, 0.6) is 0 Å². The number of hydrogen-bond acceptors (Lipinski definition) is 3. The van der Waals surface area contributed by atoms with Crippen LogP contribution in [0.4, 0.5) is 0 Å². The van der Waals surface area contributed by atoms with Crippen molar-refractivity contribution in [1.82, 2.24) is 19.5 Å². The number of nitrogens with zero attached hydrogens (tertiary/aromatic N) is 4. The number of hydrogen-bond donors (Lipinski definition) is 0. The number of rotatable bonds is 3. The minimum atomic E-state index is -0.0992. The topological polar surface area (TPSA) is 43.6 Å². The van der Waals surface area contributed by atoms with Crippen LogP contribution in [0, 0.1) is 0 Å². The Morgan fingerprint density at radius 1 is 0.356 bits per heavy atom. The van der Waals surface area contributed by atoms with Gasteiger partial charge in [0.2, 0.25) is 5.95 Å². The smallest absolute Gasteiger partial charge is 0.238 e. The molecule has 0 N–H and O–H groups in total. The lowest BCUT2D eigenvalue weighted by molar-refractivity contribution is 0.753. The minimum absolute atomic E-state index is 0.0992. The zero-order chi connectivity index (χ0) is 29.5. The molecule has 0 bridgehead atoms. The summed E-state index contributed by atoms with van der Waals surface area (Å²) in [5.74, 6) is 2.00. The van der Waals surface area contributed by atoms with E-state index in [2.05, 4.69) is 150 Å². The zero-order valence-corrected chi connectivity index (χ0v) is 24.3. The van der Waals surface area contributed by atoms with Gasteiger partial charge in [0.1, 0.15) is 11.6 Å². The van der Waals surface area contributed by atoms with E-state index in [0.717, 1.165) is 22.7 Å². The Kier molecular flexibility index (Phi) is 5.08. The average Bonchev–Trinajstić information content (AvgIpc) is 3.74. The highest BCUT2D eigenvalue weighted by Gasteiger charge is 2.36. The molecule has 2 heterocycles. The Balaban J connectivity index is 1.30. The summed E-state index contributed by atoms with van der Waals surface area (Å²) in [6.07, 6.45) is 0. The van der Waals surface area contributed by atoms with Gasteiger partial charge in [0.05, 0.1) is 22.9 Å². The zero-order valence-electron chi connectivity index (χ0n) is 24.3. The van der Waals surface area contributed by atoms with Crippen LogP contribution in [0.2, 0.25) is 0 Å². The van der Waals surface area contributed by atoms with Crippen molar-refractivity contribution >= 4 is 21.8 Å². The fourth-order valence-electron chi connectivity index (χ4n) is 7.76. The van der Waals surface area contributed by atoms with Gasteiger partial charge in [0, 0.05) is 10.8 Å². The Morgan fingerprint density at radius 3 is 1.09 bits per heavy atom. The molecule has 0 saturated heterocycles. The Bertz CT molecular complexity index is 2210. The van der Waals surface area contributed by atoms with Gasteiger partial charge in [-0.3, -0.25) is 4.57 Å². The van der Waals surface area contributed by atoms with Gasteiger partial charge in [-0.1, -0.05) is 133 Å². The molecule has 2 aliphatic carbocycles. The Hall–Kier alpha value is -5.87. The summed E-state index contributed by atoms with van der Waals surface area (Å²) in [6.45, 7) is 0. The van der Waals surface area contributed by atoms with Crippen LogP contribution in [0.25, 0.3) is 50.0 Å². The van der Waals surface area contributed by atoms with Crippen molar-refractivity contribution in [1.29, 1.82) is 0 Å². The van der Waals surface area contributed by atoms with E-state index in [0.29, 0.717) is 5.95 Å². The van der Waals surface area contributed by atoms with E-state index in [1.165, 1.54) is 55.3 Å². The summed E-state index contributed by atoms with van der Waals surface area (Å²) in [5, 5.41) is 2.37. The summed E-state index contributed by atoms with van der Waals surface area (Å²) in [7, 11) is 0. The molecule has 0 unspecified atom stereocenters. The van der Waals surface area contributed by atoms with Crippen LogP contribution in [-0.2, 0) is 0 Å². The normalized spacial score (nSPS) is 13.6. The van der Waals surface area contributed by atoms with Gasteiger partial charge < -0.3 is 0 Å². The molecule has 10 rings (SSSR count). The molecule has 6 aromatic carbocycles. The van der Waals surface area contributed by atoms with Crippen LogP contribution in [-0.4, -0.2) is 19.5 Å². The summed E-state index contributed by atoms with van der Waals surface area (Å²) < 4.78 is 2.22. The fraction of sp³-hybridized carbons (Fsp3) is 0.0488. The maximum Gasteiger partial charge on any atom is 0.238 e. The molecular weight excluding hydrogens is 548 g/mol. The first-order chi connectivity index (χ1) is 22.3. The highest BCUT2D eigenvalue weighted by molar-refractivity contribution is 6.08. The van der Waals surface area contributed by atoms with E-state index in [4.69, 9.17) is 15.0 Å². The third kappa shape index (κ3) is 3.45. The molecule has 0 atom stereocenters. The molecule has 4 heteroatoms. The molecule has 2 aromatic heterocycles. The molecule has 0 radical (unpaired) electrons. The standard InChI is InChI=1S/C41H26N4/c1-5-19-31-25(13-1)26-14-2-6-20-32(26)37(31)39-42-40(38-33-21-7-3-15-27(33)28-16-4-8-22-34(28)38)44-41(43-39)45-35-23-11-9-17-29(35)30-18-10-12-24-36(30)45/h1-24,37-38H. The Labute approximate surface area is 260 Å². The summed E-state index contributed by atoms with van der Waals surface area (Å²) in [4.78, 5) is 16.2. The molecule has 0 aliphatic heterocycles. The monoisotopic (exact) mass is 574 g/mol. The third-order valence-corrected chi connectivity index (χ3v) is 9.62. The van der Waals surface area contributed by atoms with Crippen LogP contribution in [0.3, 0.4) is 0 Å². The van der Waals surface area contributed by atoms with E-state index in [1.807, 2.05) is 0 Å². The van der Waals surface area contributed by atoms with E-state index < -0.39 is 0 Å². The van der Waals surface area contributed by atoms with Gasteiger partial charge in [-0.15, -0.1) is 0 Å². The lowest BCUT2D eigenvalue weighted by Crippen LogP contribution is -2.16. The minimum Gasteiger partial charge on any atom is -0.278 e. The molecule has 0 saturated carbocycles. The highest BCUT2D eigenvalue weighted by atomic mass is 15.2. The maximum atomic E-state index is 5.43. The van der Waals surface area contributed by atoms with Crippen molar-refractivity contribution in [3.63, 3.8) is 0 Å². The predicted octanol–water partition coefficient (Wildman–Crippen LogP) is 9.29. The Morgan fingerprint density at radius 2 is 0.689 bits per heavy atom. The highest BCUT2D eigenvalue weighted by Crippen LogP contribution is 2.49. The van der Waals surface area contributed by atoms with Crippen LogP contribution in [0.15, 0.2) is 146 Å². The van der Waals surface area contributed by atoms with Gasteiger partial charge in [0.25, 0.3) is 0 Å². The van der Waals surface area contributed by atoms with Crippen molar-refractivity contribution in [2.24, 2.45) is 0 Å². The SMILES string of the molecule is c1ccc2c(c1)-c1ccccc1C2c1nc(C2c3ccccc3-c3ccccc32)nc(-n2c3ccccc3c3ccccc32)n1. The van der Waals surface area contributed by atoms with Crippen molar-refractivity contribution in [2.45, 2.75) is 11.8 Å². The number of aromatic nitrogens is 4. The predicted molar refractivity (Wildman–Crippen MR) is 180 cm³/mol. The number of fused-ring (bicyclic) bond motifs is 9. The van der Waals surface area contributed by atoms with Gasteiger partial charge in [0.15, 0.2) is 0 Å². The van der Waals surface area contributed by atoms with E-state index in [9.17, 15) is 0 Å². The molecule has 45 heavy (non-hydrogen) atoms. The van der Waals surface area contributed by atoms with E-state index in [1.54, 1.807) is 0 Å². The lowest BCUT2D eigenvalue weighted by atomic mass is 9.94. The second-order valence-electron chi connectivity index (χ2n) is 11.9. The molecule has 0 amide bonds. The first-order valence-electron chi connectivity index (χ1n) is 15.5. The molecule has 0 fully saturated rings. The van der Waals surface area contributed by atoms with Crippen molar-refractivity contribution in [3.05, 3.63) is 179 Å². The van der Waals surface area contributed by atoms with Crippen molar-refractivity contribution in [3.8, 4) is 28.2 Å². The van der Waals surface area contributed by atoms with Gasteiger partial charge in [-0.25, -0.2) is 4.98 Å². The molecule has 4 nitrogen and oxygen atoms in total. The first-order valence-corrected chi connectivity index (χ1v) is 15.5. The lowest BCUT2D eigenvalue weighted by Gasteiger charge is -2.19. The molecule has 210 valence electrons. The average molecular weight is 575 g/mol.